The maximum Gasteiger partial charge on any atom is 0.343 e. The Labute approximate surface area is 236 Å². The predicted molar refractivity (Wildman–Crippen MR) is 154 cm³/mol. The molecule has 0 aliphatic heterocycles. The van der Waals surface area contributed by atoms with Crippen molar-refractivity contribution in [1.29, 1.82) is 0 Å². The third kappa shape index (κ3) is 7.02. The van der Waals surface area contributed by atoms with Crippen molar-refractivity contribution in [1.82, 2.24) is 5.43 Å². The van der Waals surface area contributed by atoms with Gasteiger partial charge in [0, 0.05) is 26.9 Å². The van der Waals surface area contributed by atoms with E-state index in [0.29, 0.717) is 36.9 Å². The number of amides is 2. The average molecular weight is 635 g/mol. The fourth-order valence-electron chi connectivity index (χ4n) is 3.38. The third-order valence-electron chi connectivity index (χ3n) is 5.31. The zero-order valence-electron chi connectivity index (χ0n) is 20.1. The Bertz CT molecular complexity index is 1520. The minimum Gasteiger partial charge on any atom is -0.421 e. The van der Waals surface area contributed by atoms with Gasteiger partial charge in [-0.1, -0.05) is 57.9 Å². The van der Waals surface area contributed by atoms with Gasteiger partial charge >= 0.3 is 5.97 Å². The van der Waals surface area contributed by atoms with E-state index >= 15 is 0 Å². The van der Waals surface area contributed by atoms with Crippen molar-refractivity contribution in [3.63, 3.8) is 0 Å². The Morgan fingerprint density at radius 1 is 0.789 bits per heavy atom. The van der Waals surface area contributed by atoms with E-state index in [-0.39, 0.29) is 11.7 Å². The standard InChI is InChI=1S/C29H21Br2N3O4/c1-18-10-12-19(13-11-18)27(35)33-24-9-5-8-21(15-24)28(36)34-32-17-22-14-23(30)16-25(31)26(22)38-29(37)20-6-3-2-4-7-20/h2-17H,1H3,(H,33,35)(H,34,36). The second-order valence-corrected chi connectivity index (χ2v) is 9.93. The molecule has 7 nitrogen and oxygen atoms in total. The van der Waals surface area contributed by atoms with Crippen LogP contribution in [0.25, 0.3) is 0 Å². The molecule has 38 heavy (non-hydrogen) atoms. The highest BCUT2D eigenvalue weighted by Gasteiger charge is 2.15. The summed E-state index contributed by atoms with van der Waals surface area (Å²) in [5.74, 6) is -1.04. The van der Waals surface area contributed by atoms with Gasteiger partial charge in [-0.05, 0) is 77.5 Å². The number of carbonyl (C=O) groups is 3. The van der Waals surface area contributed by atoms with Crippen LogP contribution in [0.4, 0.5) is 5.69 Å². The minimum absolute atomic E-state index is 0.251. The number of nitrogens with zero attached hydrogens (tertiary/aromatic N) is 1. The Morgan fingerprint density at radius 2 is 1.50 bits per heavy atom. The van der Waals surface area contributed by atoms with E-state index in [0.717, 1.165) is 5.56 Å². The van der Waals surface area contributed by atoms with Crippen LogP contribution in [0.15, 0.2) is 105 Å². The van der Waals surface area contributed by atoms with Gasteiger partial charge < -0.3 is 10.1 Å². The Kier molecular flexibility index (Phi) is 8.83. The molecule has 0 aliphatic rings. The summed E-state index contributed by atoms with van der Waals surface area (Å²) < 4.78 is 6.85. The van der Waals surface area contributed by atoms with Gasteiger partial charge in [-0.25, -0.2) is 10.2 Å². The molecule has 0 spiro atoms. The fourth-order valence-corrected chi connectivity index (χ4v) is 4.72. The van der Waals surface area contributed by atoms with Crippen molar-refractivity contribution in [3.8, 4) is 5.75 Å². The molecule has 0 saturated heterocycles. The first kappa shape index (κ1) is 27.0. The molecule has 0 aliphatic carbocycles. The molecule has 0 unspecified atom stereocenters. The fraction of sp³-hybridized carbons (Fsp3) is 0.0345. The van der Waals surface area contributed by atoms with E-state index in [1.165, 1.54) is 6.21 Å². The van der Waals surface area contributed by atoms with Crippen molar-refractivity contribution < 1.29 is 19.1 Å². The van der Waals surface area contributed by atoms with Gasteiger partial charge in [0.25, 0.3) is 11.8 Å². The van der Waals surface area contributed by atoms with Gasteiger partial charge in [0.05, 0.1) is 16.3 Å². The molecule has 0 atom stereocenters. The molecule has 9 heteroatoms. The second kappa shape index (κ2) is 12.4. The zero-order chi connectivity index (χ0) is 27.1. The van der Waals surface area contributed by atoms with E-state index < -0.39 is 11.9 Å². The number of halogens is 2. The normalized spacial score (nSPS) is 10.7. The van der Waals surface area contributed by atoms with E-state index in [4.69, 9.17) is 4.74 Å². The summed E-state index contributed by atoms with van der Waals surface area (Å²) in [7, 11) is 0. The number of anilines is 1. The molecule has 0 saturated carbocycles. The van der Waals surface area contributed by atoms with Crippen LogP contribution < -0.4 is 15.5 Å². The first-order valence-electron chi connectivity index (χ1n) is 11.4. The van der Waals surface area contributed by atoms with E-state index in [9.17, 15) is 14.4 Å². The number of ether oxygens (including phenoxy) is 1. The van der Waals surface area contributed by atoms with Crippen molar-refractivity contribution in [3.05, 3.63) is 128 Å². The molecular formula is C29H21Br2N3O4. The molecule has 0 heterocycles. The highest BCUT2D eigenvalue weighted by atomic mass is 79.9. The van der Waals surface area contributed by atoms with Gasteiger partial charge in [0.1, 0.15) is 0 Å². The van der Waals surface area contributed by atoms with Gasteiger partial charge in [0.15, 0.2) is 5.75 Å². The molecule has 2 N–H and O–H groups in total. The number of aryl methyl sites for hydroxylation is 1. The van der Waals surface area contributed by atoms with Crippen LogP contribution >= 0.6 is 31.9 Å². The quantitative estimate of drug-likeness (QED) is 0.102. The molecule has 4 rings (SSSR count). The van der Waals surface area contributed by atoms with Gasteiger partial charge in [-0.2, -0.15) is 5.10 Å². The van der Waals surface area contributed by atoms with E-state index in [1.54, 1.807) is 78.9 Å². The van der Waals surface area contributed by atoms with Crippen LogP contribution in [0.2, 0.25) is 0 Å². The molecule has 0 aromatic heterocycles. The lowest BCUT2D eigenvalue weighted by Crippen LogP contribution is -2.18. The van der Waals surface area contributed by atoms with Crippen molar-refractivity contribution in [2.75, 3.05) is 5.32 Å². The maximum atomic E-state index is 12.7. The van der Waals surface area contributed by atoms with Crippen LogP contribution in [-0.4, -0.2) is 24.0 Å². The van der Waals surface area contributed by atoms with E-state index in [1.807, 2.05) is 19.1 Å². The number of hydrazone groups is 1. The van der Waals surface area contributed by atoms with E-state index in [2.05, 4.69) is 47.7 Å². The van der Waals surface area contributed by atoms with Crippen molar-refractivity contribution in [2.24, 2.45) is 5.10 Å². The molecule has 190 valence electrons. The topological polar surface area (TPSA) is 96.9 Å². The summed E-state index contributed by atoms with van der Waals surface area (Å²) in [5.41, 5.74) is 5.65. The molecule has 2 amide bonds. The van der Waals surface area contributed by atoms with Gasteiger partial charge in [-0.3, -0.25) is 9.59 Å². The third-order valence-corrected chi connectivity index (χ3v) is 6.35. The van der Waals surface area contributed by atoms with Crippen LogP contribution in [0.5, 0.6) is 5.75 Å². The molecule has 4 aromatic rings. The van der Waals surface area contributed by atoms with Crippen LogP contribution in [0, 0.1) is 6.92 Å². The molecule has 0 bridgehead atoms. The number of hydrogen-bond acceptors (Lipinski definition) is 5. The zero-order valence-corrected chi connectivity index (χ0v) is 23.2. The molecular weight excluding hydrogens is 614 g/mol. The summed E-state index contributed by atoms with van der Waals surface area (Å²) in [6.45, 7) is 1.94. The van der Waals surface area contributed by atoms with Gasteiger partial charge in [0.2, 0.25) is 0 Å². The Hall–Kier alpha value is -4.08. The smallest absolute Gasteiger partial charge is 0.343 e. The highest BCUT2D eigenvalue weighted by molar-refractivity contribution is 9.11. The first-order chi connectivity index (χ1) is 18.3. The number of carbonyl (C=O) groups excluding carboxylic acids is 3. The number of hydrogen-bond donors (Lipinski definition) is 2. The Balaban J connectivity index is 1.45. The minimum atomic E-state index is -0.531. The van der Waals surface area contributed by atoms with Crippen molar-refractivity contribution >= 4 is 61.5 Å². The summed E-state index contributed by atoms with van der Waals surface area (Å²) in [4.78, 5) is 37.8. The number of rotatable bonds is 7. The maximum absolute atomic E-state index is 12.7. The number of esters is 1. The Morgan fingerprint density at radius 3 is 2.24 bits per heavy atom. The summed E-state index contributed by atoms with van der Waals surface area (Å²) in [5, 5.41) is 6.83. The first-order valence-corrected chi connectivity index (χ1v) is 13.0. The number of benzene rings is 4. The largest absolute Gasteiger partial charge is 0.421 e. The average Bonchev–Trinajstić information content (AvgIpc) is 2.91. The lowest BCUT2D eigenvalue weighted by Gasteiger charge is -2.10. The summed E-state index contributed by atoms with van der Waals surface area (Å²) >= 11 is 6.82. The van der Waals surface area contributed by atoms with Crippen molar-refractivity contribution in [2.45, 2.75) is 6.92 Å². The summed E-state index contributed by atoms with van der Waals surface area (Å²) in [6.07, 6.45) is 1.38. The van der Waals surface area contributed by atoms with Crippen LogP contribution in [0.1, 0.15) is 42.2 Å². The number of nitrogens with one attached hydrogen (secondary N) is 2. The SMILES string of the molecule is Cc1ccc(C(=O)Nc2cccc(C(=O)NN=Cc3cc(Br)cc(Br)c3OC(=O)c3ccccc3)c2)cc1. The monoisotopic (exact) mass is 633 g/mol. The predicted octanol–water partition coefficient (Wildman–Crippen LogP) is 6.76. The molecule has 0 fully saturated rings. The highest BCUT2D eigenvalue weighted by Crippen LogP contribution is 2.32. The molecule has 0 radical (unpaired) electrons. The lowest BCUT2D eigenvalue weighted by molar-refractivity contribution is 0.0732. The second-order valence-electron chi connectivity index (χ2n) is 8.16. The van der Waals surface area contributed by atoms with Crippen LogP contribution in [-0.2, 0) is 0 Å². The summed E-state index contributed by atoms with van der Waals surface area (Å²) in [6, 6.07) is 25.7. The lowest BCUT2D eigenvalue weighted by atomic mass is 10.1. The molecule has 4 aromatic carbocycles. The van der Waals surface area contributed by atoms with Gasteiger partial charge in [-0.15, -0.1) is 0 Å². The van der Waals surface area contributed by atoms with Crippen LogP contribution in [0.3, 0.4) is 0 Å².